The molecule has 0 radical (unpaired) electrons. The summed E-state index contributed by atoms with van der Waals surface area (Å²) < 4.78 is 0. The maximum absolute atomic E-state index is 10.8. The second-order valence-electron chi connectivity index (χ2n) is 2.22. The first kappa shape index (κ1) is 7.70. The molecular formula is C9H9NO. The van der Waals surface area contributed by atoms with Gasteiger partial charge in [-0.05, 0) is 19.1 Å². The summed E-state index contributed by atoms with van der Waals surface area (Å²) in [6.07, 6.45) is 7.56. The minimum atomic E-state index is 0.0185. The van der Waals surface area contributed by atoms with Gasteiger partial charge in [0.2, 0.25) is 0 Å². The third-order valence-electron chi connectivity index (χ3n) is 1.31. The first-order valence-corrected chi connectivity index (χ1v) is 3.44. The molecule has 0 aromatic carbocycles. The fourth-order valence-electron chi connectivity index (χ4n) is 0.693. The van der Waals surface area contributed by atoms with Crippen LogP contribution < -0.4 is 0 Å². The summed E-state index contributed by atoms with van der Waals surface area (Å²) in [5, 5.41) is 0. The molecule has 0 N–H and O–H groups in total. The number of carbonyl (C=O) groups excluding carboxylic acids is 1. The first-order chi connectivity index (χ1) is 5.30. The Morgan fingerprint density at radius 2 is 2.55 bits per heavy atom. The maximum atomic E-state index is 10.8. The lowest BCUT2D eigenvalue weighted by atomic mass is 10.2. The van der Waals surface area contributed by atoms with Gasteiger partial charge in [0.05, 0.1) is 0 Å². The van der Waals surface area contributed by atoms with Crippen LogP contribution in [0.3, 0.4) is 0 Å². The van der Waals surface area contributed by atoms with Crippen molar-refractivity contribution in [1.82, 2.24) is 0 Å². The number of ketones is 1. The van der Waals surface area contributed by atoms with E-state index in [1.165, 1.54) is 6.92 Å². The third kappa shape index (κ3) is 2.36. The van der Waals surface area contributed by atoms with Crippen molar-refractivity contribution < 1.29 is 4.79 Å². The van der Waals surface area contributed by atoms with Gasteiger partial charge in [-0.15, -0.1) is 5.73 Å². The Morgan fingerprint density at radius 3 is 3.27 bits per heavy atom. The van der Waals surface area contributed by atoms with Crippen LogP contribution in [-0.2, 0) is 4.79 Å². The van der Waals surface area contributed by atoms with Crippen molar-refractivity contribution in [2.24, 2.45) is 4.99 Å². The lowest BCUT2D eigenvalue weighted by molar-refractivity contribution is -0.113. The van der Waals surface area contributed by atoms with Gasteiger partial charge >= 0.3 is 0 Å². The first-order valence-electron chi connectivity index (χ1n) is 3.44. The van der Waals surface area contributed by atoms with E-state index in [2.05, 4.69) is 10.7 Å². The highest BCUT2D eigenvalue weighted by Gasteiger charge is 1.97. The zero-order chi connectivity index (χ0) is 8.10. The Labute approximate surface area is 65.6 Å². The second-order valence-corrected chi connectivity index (χ2v) is 2.22. The van der Waals surface area contributed by atoms with Crippen LogP contribution >= 0.6 is 0 Å². The molecule has 1 aliphatic heterocycles. The molecule has 11 heavy (non-hydrogen) atoms. The molecule has 56 valence electrons. The zero-order valence-corrected chi connectivity index (χ0v) is 6.37. The Hall–Kier alpha value is -1.40. The molecule has 0 aromatic rings. The molecule has 0 saturated carbocycles. The van der Waals surface area contributed by atoms with Gasteiger partial charge in [-0.25, -0.2) is 0 Å². The van der Waals surface area contributed by atoms with E-state index in [-0.39, 0.29) is 5.78 Å². The van der Waals surface area contributed by atoms with Crippen LogP contribution in [0.15, 0.2) is 34.6 Å². The molecule has 0 unspecified atom stereocenters. The summed E-state index contributed by atoms with van der Waals surface area (Å²) >= 11 is 0. The number of hydrogen-bond acceptors (Lipinski definition) is 2. The standard InChI is InChI=1S/C9H9NO/c1-8(11)9-5-3-2-4-6-10-7-9/h2,5-7H,4H2,1H3/b9-7+,10-6-. The van der Waals surface area contributed by atoms with Crippen molar-refractivity contribution in [3.63, 3.8) is 0 Å². The molecule has 0 atom stereocenters. The minimum absolute atomic E-state index is 0.0185. The molecule has 0 fully saturated rings. The van der Waals surface area contributed by atoms with E-state index in [1.807, 2.05) is 6.08 Å². The van der Waals surface area contributed by atoms with Crippen LogP contribution in [0.2, 0.25) is 0 Å². The summed E-state index contributed by atoms with van der Waals surface area (Å²) in [5.74, 6) is 0.0185. The number of allylic oxidation sites excluding steroid dienone is 2. The van der Waals surface area contributed by atoms with Crippen LogP contribution in [0.1, 0.15) is 13.3 Å². The molecule has 0 saturated heterocycles. The maximum Gasteiger partial charge on any atom is 0.161 e. The van der Waals surface area contributed by atoms with E-state index in [1.54, 1.807) is 18.5 Å². The number of nitrogens with zero attached hydrogens (tertiary/aromatic N) is 1. The Morgan fingerprint density at radius 1 is 1.73 bits per heavy atom. The van der Waals surface area contributed by atoms with Crippen LogP contribution in [0.25, 0.3) is 0 Å². The van der Waals surface area contributed by atoms with Gasteiger partial charge in [0.25, 0.3) is 0 Å². The van der Waals surface area contributed by atoms with Gasteiger partial charge in [0.15, 0.2) is 5.78 Å². The Bertz CT molecular complexity index is 278. The molecule has 1 aliphatic rings. The van der Waals surface area contributed by atoms with Gasteiger partial charge < -0.3 is 0 Å². The van der Waals surface area contributed by atoms with Gasteiger partial charge in [-0.1, -0.05) is 0 Å². The largest absolute Gasteiger partial charge is 0.294 e. The average Bonchev–Trinajstić information content (AvgIpc) is 1.84. The van der Waals surface area contributed by atoms with Crippen molar-refractivity contribution in [1.29, 1.82) is 0 Å². The van der Waals surface area contributed by atoms with E-state index in [0.29, 0.717) is 5.57 Å². The smallest absolute Gasteiger partial charge is 0.161 e. The third-order valence-corrected chi connectivity index (χ3v) is 1.31. The summed E-state index contributed by atoms with van der Waals surface area (Å²) in [4.78, 5) is 14.8. The van der Waals surface area contributed by atoms with Crippen molar-refractivity contribution in [3.05, 3.63) is 29.7 Å². The molecule has 2 nitrogen and oxygen atoms in total. The quantitative estimate of drug-likeness (QED) is 0.518. The lowest BCUT2D eigenvalue weighted by Gasteiger charge is -1.91. The fourth-order valence-corrected chi connectivity index (χ4v) is 0.693. The second kappa shape index (κ2) is 3.69. The normalized spacial score (nSPS) is 23.2. The van der Waals surface area contributed by atoms with Crippen LogP contribution in [0, 0.1) is 0 Å². The predicted octanol–water partition coefficient (Wildman–Crippen LogP) is 1.65. The molecule has 0 aromatic heterocycles. The van der Waals surface area contributed by atoms with Gasteiger partial charge in [-0.2, -0.15) is 0 Å². The molecule has 2 heteroatoms. The predicted molar refractivity (Wildman–Crippen MR) is 44.5 cm³/mol. The highest BCUT2D eigenvalue weighted by Crippen LogP contribution is 1.99. The summed E-state index contributed by atoms with van der Waals surface area (Å²) in [6, 6.07) is 0. The van der Waals surface area contributed by atoms with Crippen molar-refractivity contribution >= 4 is 12.0 Å². The summed E-state index contributed by atoms with van der Waals surface area (Å²) in [5.41, 5.74) is 3.48. The molecule has 0 spiro atoms. The highest BCUT2D eigenvalue weighted by atomic mass is 16.1. The number of hydrogen-bond donors (Lipinski definition) is 0. The van der Waals surface area contributed by atoms with Crippen molar-refractivity contribution in [2.75, 3.05) is 0 Å². The number of rotatable bonds is 1. The summed E-state index contributed by atoms with van der Waals surface area (Å²) in [6.45, 7) is 1.52. The average molecular weight is 147 g/mol. The van der Waals surface area contributed by atoms with Gasteiger partial charge in [0, 0.05) is 24.4 Å². The molecule has 1 heterocycles. The molecule has 1 rings (SSSR count). The van der Waals surface area contributed by atoms with Crippen LogP contribution in [0.5, 0.6) is 0 Å². The van der Waals surface area contributed by atoms with Crippen LogP contribution in [0.4, 0.5) is 0 Å². The van der Waals surface area contributed by atoms with E-state index < -0.39 is 0 Å². The number of carbonyl (C=O) groups is 1. The zero-order valence-electron chi connectivity index (χ0n) is 6.37. The van der Waals surface area contributed by atoms with E-state index in [4.69, 9.17) is 0 Å². The Kier molecular flexibility index (Phi) is 2.59. The number of aliphatic imine (C=N–C) groups is 1. The molecule has 0 aliphatic carbocycles. The molecular weight excluding hydrogens is 138 g/mol. The topological polar surface area (TPSA) is 29.4 Å². The highest BCUT2D eigenvalue weighted by molar-refractivity contribution is 5.96. The van der Waals surface area contributed by atoms with Crippen molar-refractivity contribution in [3.8, 4) is 0 Å². The minimum Gasteiger partial charge on any atom is -0.294 e. The fraction of sp³-hybridized carbons (Fsp3) is 0.222. The van der Waals surface area contributed by atoms with Gasteiger partial charge in [0.1, 0.15) is 0 Å². The Balaban J connectivity index is 2.92. The SMILES string of the molecule is CC(=O)/C1=C/N=C\CC=C=C1. The molecule has 0 amide bonds. The lowest BCUT2D eigenvalue weighted by Crippen LogP contribution is -1.92. The van der Waals surface area contributed by atoms with Gasteiger partial charge in [-0.3, -0.25) is 9.79 Å². The summed E-state index contributed by atoms with van der Waals surface area (Å²) in [7, 11) is 0. The monoisotopic (exact) mass is 147 g/mol. The number of Topliss-reactive ketones (excluding diaryl/α,β-unsaturated/α-hetero) is 1. The van der Waals surface area contributed by atoms with E-state index in [0.717, 1.165) is 6.42 Å². The van der Waals surface area contributed by atoms with E-state index >= 15 is 0 Å². The molecule has 0 bridgehead atoms. The van der Waals surface area contributed by atoms with Crippen LogP contribution in [-0.4, -0.2) is 12.0 Å². The van der Waals surface area contributed by atoms with E-state index in [9.17, 15) is 4.79 Å². The van der Waals surface area contributed by atoms with Crippen molar-refractivity contribution in [2.45, 2.75) is 13.3 Å².